The summed E-state index contributed by atoms with van der Waals surface area (Å²) in [5.74, 6) is 2.29. The van der Waals surface area contributed by atoms with Gasteiger partial charge in [0.2, 0.25) is 6.79 Å². The average molecular weight is 499 g/mol. The molecular weight excluding hydrogens is 472 g/mol. The van der Waals surface area contributed by atoms with Crippen molar-refractivity contribution < 1.29 is 14.2 Å². The zero-order valence-corrected chi connectivity index (χ0v) is 21.1. The minimum Gasteiger partial charge on any atom is -0.497 e. The topological polar surface area (TPSA) is 60.8 Å². The number of pyridine rings is 1. The lowest BCUT2D eigenvalue weighted by Gasteiger charge is -2.28. The molecular formula is C28H26N4O3S. The van der Waals surface area contributed by atoms with Crippen LogP contribution in [0.1, 0.15) is 34.7 Å². The summed E-state index contributed by atoms with van der Waals surface area (Å²) in [7, 11) is 1.68. The predicted octanol–water partition coefficient (Wildman–Crippen LogP) is 5.40. The van der Waals surface area contributed by atoms with E-state index in [1.807, 2.05) is 54.7 Å². The van der Waals surface area contributed by atoms with Gasteiger partial charge in [-0.15, -0.1) is 0 Å². The van der Waals surface area contributed by atoms with Crippen LogP contribution in [0.25, 0.3) is 5.69 Å². The Bertz CT molecular complexity index is 1440. The van der Waals surface area contributed by atoms with E-state index >= 15 is 0 Å². The van der Waals surface area contributed by atoms with Gasteiger partial charge in [0.05, 0.1) is 24.9 Å². The van der Waals surface area contributed by atoms with Crippen LogP contribution in [0.4, 0.5) is 5.69 Å². The van der Waals surface area contributed by atoms with Crippen molar-refractivity contribution in [3.8, 4) is 22.9 Å². The first-order chi connectivity index (χ1) is 17.5. The molecule has 6 rings (SSSR count). The molecule has 0 spiro atoms. The van der Waals surface area contributed by atoms with Gasteiger partial charge in [0.15, 0.2) is 16.6 Å². The van der Waals surface area contributed by atoms with Gasteiger partial charge in [-0.05, 0) is 86.2 Å². The molecule has 2 atom stereocenters. The maximum Gasteiger partial charge on any atom is 0.231 e. The highest BCUT2D eigenvalue weighted by atomic mass is 32.1. The molecule has 1 fully saturated rings. The number of benzene rings is 2. The molecule has 0 unspecified atom stereocenters. The fraction of sp³-hybridized carbons (Fsp3) is 0.214. The Hall–Kier alpha value is -4.04. The summed E-state index contributed by atoms with van der Waals surface area (Å²) >= 11 is 5.90. The minimum absolute atomic E-state index is 0.119. The highest BCUT2D eigenvalue weighted by Crippen LogP contribution is 2.46. The van der Waals surface area contributed by atoms with Gasteiger partial charge >= 0.3 is 0 Å². The molecule has 0 bridgehead atoms. The Morgan fingerprint density at radius 1 is 0.972 bits per heavy atom. The van der Waals surface area contributed by atoms with Crippen molar-refractivity contribution in [3.05, 3.63) is 95.6 Å². The highest BCUT2D eigenvalue weighted by molar-refractivity contribution is 7.80. The monoisotopic (exact) mass is 498 g/mol. The second-order valence-electron chi connectivity index (χ2n) is 8.89. The number of nitrogens with one attached hydrogen (secondary N) is 1. The van der Waals surface area contributed by atoms with E-state index < -0.39 is 0 Å². The quantitative estimate of drug-likeness (QED) is 0.370. The van der Waals surface area contributed by atoms with Gasteiger partial charge in [-0.2, -0.15) is 0 Å². The van der Waals surface area contributed by atoms with Crippen molar-refractivity contribution >= 4 is 23.0 Å². The third-order valence-electron chi connectivity index (χ3n) is 6.85. The van der Waals surface area contributed by atoms with Crippen molar-refractivity contribution in [1.82, 2.24) is 14.9 Å². The van der Waals surface area contributed by atoms with Crippen molar-refractivity contribution in [2.45, 2.75) is 25.9 Å². The Balaban J connectivity index is 1.49. The third kappa shape index (κ3) is 3.65. The predicted molar refractivity (Wildman–Crippen MR) is 142 cm³/mol. The molecule has 182 valence electrons. The maximum absolute atomic E-state index is 5.90. The summed E-state index contributed by atoms with van der Waals surface area (Å²) in [6.45, 7) is 4.51. The summed E-state index contributed by atoms with van der Waals surface area (Å²) in [6.07, 6.45) is 1.82. The summed E-state index contributed by atoms with van der Waals surface area (Å²) in [5, 5.41) is 4.19. The van der Waals surface area contributed by atoms with E-state index in [2.05, 4.69) is 51.8 Å². The zero-order chi connectivity index (χ0) is 24.8. The summed E-state index contributed by atoms with van der Waals surface area (Å²) in [6, 6.07) is 22.0. The van der Waals surface area contributed by atoms with Crippen LogP contribution in [0.15, 0.2) is 72.9 Å². The number of anilines is 1. The van der Waals surface area contributed by atoms with Crippen molar-refractivity contribution in [2.24, 2.45) is 0 Å². The minimum atomic E-state index is -0.131. The number of nitrogens with zero attached hydrogens (tertiary/aromatic N) is 3. The number of hydrogen-bond acceptors (Lipinski definition) is 5. The maximum atomic E-state index is 5.90. The molecule has 0 amide bonds. The summed E-state index contributed by atoms with van der Waals surface area (Å²) < 4.78 is 18.8. The second-order valence-corrected chi connectivity index (χ2v) is 9.28. The van der Waals surface area contributed by atoms with Crippen molar-refractivity contribution in [3.63, 3.8) is 0 Å². The molecule has 2 aromatic carbocycles. The molecule has 1 N–H and O–H groups in total. The first kappa shape index (κ1) is 22.4. The van der Waals surface area contributed by atoms with Crippen LogP contribution in [0.5, 0.6) is 17.2 Å². The molecule has 2 aliphatic heterocycles. The molecule has 4 aromatic rings. The fourth-order valence-corrected chi connectivity index (χ4v) is 5.55. The Kier molecular flexibility index (Phi) is 5.53. The van der Waals surface area contributed by atoms with Crippen molar-refractivity contribution in [1.29, 1.82) is 0 Å². The molecule has 1 saturated heterocycles. The Morgan fingerprint density at radius 2 is 1.75 bits per heavy atom. The van der Waals surface area contributed by atoms with Crippen LogP contribution in [-0.4, -0.2) is 28.6 Å². The van der Waals surface area contributed by atoms with Gasteiger partial charge in [-0.1, -0.05) is 6.07 Å². The molecule has 0 saturated carbocycles. The van der Waals surface area contributed by atoms with Gasteiger partial charge in [0.1, 0.15) is 5.75 Å². The van der Waals surface area contributed by atoms with Crippen LogP contribution in [0, 0.1) is 13.8 Å². The van der Waals surface area contributed by atoms with E-state index in [1.54, 1.807) is 7.11 Å². The van der Waals surface area contributed by atoms with E-state index in [4.69, 9.17) is 26.4 Å². The van der Waals surface area contributed by atoms with Gasteiger partial charge in [-0.25, -0.2) is 0 Å². The lowest BCUT2D eigenvalue weighted by Crippen LogP contribution is -2.29. The molecule has 0 aliphatic carbocycles. The number of fused-ring (bicyclic) bond motifs is 1. The first-order valence-electron chi connectivity index (χ1n) is 11.8. The number of aromatic nitrogens is 2. The standard InChI is InChI=1S/C28H26N4O3S/c1-17-14-22(18(2)31(17)19-7-10-21(33-3)11-8-19)27-26(23-6-4-5-13-29-23)30-28(36)32(27)20-9-12-24-25(15-20)35-16-34-24/h4-15,26-27H,16H2,1-3H3,(H,30,36)/t26-,27-/m1/s1. The number of rotatable bonds is 5. The second kappa shape index (κ2) is 8.87. The van der Waals surface area contributed by atoms with Crippen LogP contribution < -0.4 is 24.4 Å². The SMILES string of the molecule is COc1ccc(-n2c(C)cc([C@@H]3[C@@H](c4ccccn4)NC(=S)N3c3ccc4c(c3)OCO4)c2C)cc1. The van der Waals surface area contributed by atoms with E-state index in [0.717, 1.165) is 45.7 Å². The van der Waals surface area contributed by atoms with Gasteiger partial charge in [0, 0.05) is 35.0 Å². The van der Waals surface area contributed by atoms with Gasteiger partial charge in [0.25, 0.3) is 0 Å². The van der Waals surface area contributed by atoms with E-state index in [0.29, 0.717) is 5.11 Å². The average Bonchev–Trinajstić information content (AvgIpc) is 3.59. The van der Waals surface area contributed by atoms with E-state index in [1.165, 1.54) is 5.56 Å². The smallest absolute Gasteiger partial charge is 0.231 e. The Labute approximate surface area is 215 Å². The number of thiocarbonyl (C=S) groups is 1. The number of methoxy groups -OCH3 is 1. The fourth-order valence-electron chi connectivity index (χ4n) is 5.20. The third-order valence-corrected chi connectivity index (χ3v) is 7.17. The van der Waals surface area contributed by atoms with Crippen LogP contribution in [0.2, 0.25) is 0 Å². The molecule has 2 aliphatic rings. The first-order valence-corrected chi connectivity index (χ1v) is 12.2. The Morgan fingerprint density at radius 3 is 2.50 bits per heavy atom. The van der Waals surface area contributed by atoms with E-state index in [9.17, 15) is 0 Å². The normalized spacial score (nSPS) is 18.4. The summed E-state index contributed by atoms with van der Waals surface area (Å²) in [5.41, 5.74) is 6.40. The molecule has 0 radical (unpaired) electrons. The van der Waals surface area contributed by atoms with Gasteiger partial charge < -0.3 is 29.0 Å². The number of hydrogen-bond donors (Lipinski definition) is 1. The van der Waals surface area contributed by atoms with Crippen LogP contribution in [0.3, 0.4) is 0 Å². The van der Waals surface area contributed by atoms with E-state index in [-0.39, 0.29) is 18.9 Å². The van der Waals surface area contributed by atoms with Crippen LogP contribution >= 0.6 is 12.2 Å². The molecule has 7 nitrogen and oxygen atoms in total. The van der Waals surface area contributed by atoms with Gasteiger partial charge in [-0.3, -0.25) is 4.98 Å². The summed E-state index contributed by atoms with van der Waals surface area (Å²) in [4.78, 5) is 6.84. The molecule has 4 heterocycles. The van der Waals surface area contributed by atoms with Crippen molar-refractivity contribution in [2.75, 3.05) is 18.8 Å². The lowest BCUT2D eigenvalue weighted by molar-refractivity contribution is 0.174. The largest absolute Gasteiger partial charge is 0.497 e. The number of aryl methyl sites for hydroxylation is 1. The van der Waals surface area contributed by atoms with Crippen LogP contribution in [-0.2, 0) is 0 Å². The molecule has 36 heavy (non-hydrogen) atoms. The zero-order valence-electron chi connectivity index (χ0n) is 20.3. The lowest BCUT2D eigenvalue weighted by atomic mass is 9.96. The molecule has 8 heteroatoms. The highest BCUT2D eigenvalue weighted by Gasteiger charge is 2.42. The molecule has 2 aromatic heterocycles. The number of ether oxygens (including phenoxy) is 3.